The number of pyridine rings is 2. The molecule has 3 heterocycles. The molecule has 0 atom stereocenters. The van der Waals surface area contributed by atoms with Gasteiger partial charge in [-0.2, -0.15) is 0 Å². The van der Waals surface area contributed by atoms with E-state index in [0.717, 1.165) is 45.8 Å². The van der Waals surface area contributed by atoms with Crippen molar-refractivity contribution in [2.24, 2.45) is 5.92 Å². The standard InChI is InChI=1S/C23H19N5O2/c1-13-17-8-4-14(9-20(17)30-28-13)3-5-16-11-26-22(24-2)19-12-25-21(10-18(16)19)27-23(29)15-6-7-15/h4,8-12,15H,6-7H2,1-2H3,(H,24,26)(H,25,27,29). The third-order valence-electron chi connectivity index (χ3n) is 5.20. The number of nitrogens with one attached hydrogen (secondary N) is 2. The molecule has 3 aromatic heterocycles. The summed E-state index contributed by atoms with van der Waals surface area (Å²) in [4.78, 5) is 21.0. The molecule has 1 aromatic carbocycles. The van der Waals surface area contributed by atoms with Crippen molar-refractivity contribution in [3.8, 4) is 11.8 Å². The Morgan fingerprint density at radius 3 is 2.77 bits per heavy atom. The maximum Gasteiger partial charge on any atom is 0.228 e. The topological polar surface area (TPSA) is 92.9 Å². The molecule has 0 unspecified atom stereocenters. The van der Waals surface area contributed by atoms with E-state index in [2.05, 4.69) is 37.6 Å². The van der Waals surface area contributed by atoms with Gasteiger partial charge >= 0.3 is 0 Å². The van der Waals surface area contributed by atoms with Gasteiger partial charge in [-0.1, -0.05) is 17.0 Å². The Morgan fingerprint density at radius 1 is 1.10 bits per heavy atom. The quantitative estimate of drug-likeness (QED) is 0.510. The summed E-state index contributed by atoms with van der Waals surface area (Å²) in [5.41, 5.74) is 3.14. The third kappa shape index (κ3) is 3.33. The van der Waals surface area contributed by atoms with Crippen molar-refractivity contribution in [2.75, 3.05) is 17.7 Å². The van der Waals surface area contributed by atoms with Crippen molar-refractivity contribution < 1.29 is 9.32 Å². The summed E-state index contributed by atoms with van der Waals surface area (Å²) in [6.07, 6.45) is 5.33. The molecule has 2 N–H and O–H groups in total. The summed E-state index contributed by atoms with van der Waals surface area (Å²) in [7, 11) is 1.81. The van der Waals surface area contributed by atoms with Crippen molar-refractivity contribution in [1.82, 2.24) is 15.1 Å². The zero-order valence-corrected chi connectivity index (χ0v) is 16.6. The van der Waals surface area contributed by atoms with Crippen LogP contribution in [0.25, 0.3) is 21.7 Å². The molecule has 0 saturated heterocycles. The molecular formula is C23H19N5O2. The van der Waals surface area contributed by atoms with Gasteiger partial charge in [-0.15, -0.1) is 0 Å². The molecule has 7 heteroatoms. The Labute approximate surface area is 172 Å². The van der Waals surface area contributed by atoms with Crippen LogP contribution < -0.4 is 10.6 Å². The number of carbonyl (C=O) groups excluding carboxylic acids is 1. The monoisotopic (exact) mass is 397 g/mol. The van der Waals surface area contributed by atoms with Crippen LogP contribution in [0.4, 0.5) is 11.6 Å². The van der Waals surface area contributed by atoms with E-state index in [1.165, 1.54) is 0 Å². The number of aromatic nitrogens is 3. The number of amides is 1. The Hall–Kier alpha value is -3.92. The molecule has 1 saturated carbocycles. The van der Waals surface area contributed by atoms with Crippen LogP contribution in [0, 0.1) is 24.7 Å². The lowest BCUT2D eigenvalue weighted by Crippen LogP contribution is -2.14. The highest BCUT2D eigenvalue weighted by Crippen LogP contribution is 2.31. The molecule has 4 aromatic rings. The summed E-state index contributed by atoms with van der Waals surface area (Å²) in [6, 6.07) is 7.63. The van der Waals surface area contributed by atoms with Gasteiger partial charge in [-0.05, 0) is 44.0 Å². The fraction of sp³-hybridized carbons (Fsp3) is 0.217. The van der Waals surface area contributed by atoms with Crippen LogP contribution in [0.2, 0.25) is 0 Å². The van der Waals surface area contributed by atoms with Crippen LogP contribution in [0.3, 0.4) is 0 Å². The van der Waals surface area contributed by atoms with E-state index in [1.54, 1.807) is 12.4 Å². The molecule has 7 nitrogen and oxygen atoms in total. The predicted octanol–water partition coefficient (Wildman–Crippen LogP) is 3.87. The lowest BCUT2D eigenvalue weighted by Gasteiger charge is -2.09. The van der Waals surface area contributed by atoms with Crippen LogP contribution >= 0.6 is 0 Å². The molecule has 0 spiro atoms. The highest BCUT2D eigenvalue weighted by molar-refractivity contribution is 5.99. The summed E-state index contributed by atoms with van der Waals surface area (Å²) in [5, 5.41) is 12.7. The maximum atomic E-state index is 12.1. The molecule has 0 bridgehead atoms. The smallest absolute Gasteiger partial charge is 0.228 e. The van der Waals surface area contributed by atoms with Crippen LogP contribution in [0.15, 0.2) is 41.2 Å². The first-order chi connectivity index (χ1) is 14.6. The average Bonchev–Trinajstić information content (AvgIpc) is 3.55. The number of nitrogens with zero attached hydrogens (tertiary/aromatic N) is 3. The first-order valence-electron chi connectivity index (χ1n) is 9.78. The number of fused-ring (bicyclic) bond motifs is 2. The molecule has 5 rings (SSSR count). The van der Waals surface area contributed by atoms with Gasteiger partial charge in [0.05, 0.1) is 11.3 Å². The Balaban J connectivity index is 1.55. The van der Waals surface area contributed by atoms with E-state index >= 15 is 0 Å². The minimum atomic E-state index is 0.0213. The normalized spacial score (nSPS) is 13.1. The van der Waals surface area contributed by atoms with Crippen molar-refractivity contribution in [1.29, 1.82) is 0 Å². The fourth-order valence-corrected chi connectivity index (χ4v) is 3.36. The number of aryl methyl sites for hydroxylation is 1. The summed E-state index contributed by atoms with van der Waals surface area (Å²) in [6.45, 7) is 1.91. The van der Waals surface area contributed by atoms with Gasteiger partial charge in [-0.3, -0.25) is 4.79 Å². The highest BCUT2D eigenvalue weighted by atomic mass is 16.5. The van der Waals surface area contributed by atoms with Crippen molar-refractivity contribution in [3.63, 3.8) is 0 Å². The zero-order valence-electron chi connectivity index (χ0n) is 16.6. The number of carbonyl (C=O) groups is 1. The van der Waals surface area contributed by atoms with Gasteiger partial charge in [0, 0.05) is 47.1 Å². The fourth-order valence-electron chi connectivity index (χ4n) is 3.36. The van der Waals surface area contributed by atoms with Crippen LogP contribution in [-0.2, 0) is 4.79 Å². The lowest BCUT2D eigenvalue weighted by molar-refractivity contribution is -0.117. The molecule has 0 aliphatic heterocycles. The molecule has 30 heavy (non-hydrogen) atoms. The van der Waals surface area contributed by atoms with Gasteiger partial charge in [0.15, 0.2) is 5.58 Å². The van der Waals surface area contributed by atoms with E-state index in [9.17, 15) is 4.79 Å². The van der Waals surface area contributed by atoms with Gasteiger partial charge < -0.3 is 15.2 Å². The van der Waals surface area contributed by atoms with Crippen molar-refractivity contribution in [2.45, 2.75) is 19.8 Å². The first-order valence-corrected chi connectivity index (χ1v) is 9.78. The molecule has 1 amide bonds. The second kappa shape index (κ2) is 7.16. The lowest BCUT2D eigenvalue weighted by atomic mass is 10.1. The Kier molecular flexibility index (Phi) is 4.32. The van der Waals surface area contributed by atoms with Crippen molar-refractivity contribution in [3.05, 3.63) is 53.5 Å². The maximum absolute atomic E-state index is 12.1. The number of anilines is 2. The van der Waals surface area contributed by atoms with E-state index in [0.29, 0.717) is 17.2 Å². The number of hydrogen-bond donors (Lipinski definition) is 2. The SMILES string of the molecule is CNc1ncc(C#Cc2ccc3c(C)noc3c2)c2cc(NC(=O)C3CC3)ncc12. The van der Waals surface area contributed by atoms with E-state index in [1.807, 2.05) is 38.2 Å². The summed E-state index contributed by atoms with van der Waals surface area (Å²) >= 11 is 0. The molecule has 148 valence electrons. The van der Waals surface area contributed by atoms with Crippen LogP contribution in [0.1, 0.15) is 29.7 Å². The largest absolute Gasteiger partial charge is 0.373 e. The minimum absolute atomic E-state index is 0.0213. The molecule has 1 aliphatic rings. The third-order valence-corrected chi connectivity index (χ3v) is 5.20. The first kappa shape index (κ1) is 18.1. The van der Waals surface area contributed by atoms with Gasteiger partial charge in [0.2, 0.25) is 5.91 Å². The van der Waals surface area contributed by atoms with Crippen LogP contribution in [0.5, 0.6) is 0 Å². The second-order valence-electron chi connectivity index (χ2n) is 7.38. The van der Waals surface area contributed by atoms with E-state index < -0.39 is 0 Å². The van der Waals surface area contributed by atoms with Gasteiger partial charge in [0.1, 0.15) is 11.6 Å². The highest BCUT2D eigenvalue weighted by Gasteiger charge is 2.29. The van der Waals surface area contributed by atoms with E-state index in [-0.39, 0.29) is 11.8 Å². The molecule has 1 fully saturated rings. The average molecular weight is 397 g/mol. The number of benzene rings is 1. The van der Waals surface area contributed by atoms with Crippen LogP contribution in [-0.4, -0.2) is 28.1 Å². The predicted molar refractivity (Wildman–Crippen MR) is 115 cm³/mol. The second-order valence-corrected chi connectivity index (χ2v) is 7.38. The van der Waals surface area contributed by atoms with Gasteiger partial charge in [0.25, 0.3) is 0 Å². The van der Waals surface area contributed by atoms with Crippen molar-refractivity contribution >= 4 is 39.3 Å². The molecular weight excluding hydrogens is 378 g/mol. The van der Waals surface area contributed by atoms with Gasteiger partial charge in [-0.25, -0.2) is 9.97 Å². The summed E-state index contributed by atoms with van der Waals surface area (Å²) in [5.74, 6) is 7.74. The summed E-state index contributed by atoms with van der Waals surface area (Å²) < 4.78 is 5.33. The van der Waals surface area contributed by atoms with E-state index in [4.69, 9.17) is 4.52 Å². The molecule has 0 radical (unpaired) electrons. The number of rotatable bonds is 3. The number of hydrogen-bond acceptors (Lipinski definition) is 6. The minimum Gasteiger partial charge on any atom is -0.373 e. The zero-order chi connectivity index (χ0) is 20.7. The Bertz CT molecular complexity index is 1360. The molecule has 1 aliphatic carbocycles. The Morgan fingerprint density at radius 2 is 1.97 bits per heavy atom.